The van der Waals surface area contributed by atoms with Gasteiger partial charge in [-0.3, -0.25) is 4.79 Å². The second-order valence-electron chi connectivity index (χ2n) is 6.96. The summed E-state index contributed by atoms with van der Waals surface area (Å²) in [4.78, 5) is 12.1. The van der Waals surface area contributed by atoms with Crippen molar-refractivity contribution in [2.24, 2.45) is 17.8 Å². The van der Waals surface area contributed by atoms with Gasteiger partial charge in [-0.05, 0) is 69.7 Å². The van der Waals surface area contributed by atoms with Gasteiger partial charge in [-0.25, -0.2) is 0 Å². The predicted molar refractivity (Wildman–Crippen MR) is 76.8 cm³/mol. The van der Waals surface area contributed by atoms with Crippen LogP contribution in [0.1, 0.15) is 58.3 Å². The van der Waals surface area contributed by atoms with Crippen LogP contribution in [0.15, 0.2) is 0 Å². The minimum absolute atomic E-state index is 0.0272. The molecule has 0 spiro atoms. The molecule has 3 aliphatic rings. The van der Waals surface area contributed by atoms with Crippen LogP contribution in [0.25, 0.3) is 0 Å². The highest BCUT2D eigenvalue weighted by Crippen LogP contribution is 2.48. The molecule has 19 heavy (non-hydrogen) atoms. The molecule has 0 radical (unpaired) electrons. The minimum atomic E-state index is -0.0272. The Bertz CT molecular complexity index is 305. The predicted octanol–water partition coefficient (Wildman–Crippen LogP) is 2.46. The number of amides is 1. The highest BCUT2D eigenvalue weighted by molar-refractivity contribution is 5.81. The van der Waals surface area contributed by atoms with E-state index in [0.717, 1.165) is 24.3 Å². The van der Waals surface area contributed by atoms with Crippen molar-refractivity contribution in [2.75, 3.05) is 6.54 Å². The van der Waals surface area contributed by atoms with Gasteiger partial charge in [0.15, 0.2) is 0 Å². The molecule has 0 heterocycles. The summed E-state index contributed by atoms with van der Waals surface area (Å²) < 4.78 is 0. The number of hydrogen-bond acceptors (Lipinski definition) is 2. The Labute approximate surface area is 116 Å². The molecule has 2 N–H and O–H groups in total. The first-order valence-corrected chi connectivity index (χ1v) is 8.28. The Kier molecular flexibility index (Phi) is 4.11. The van der Waals surface area contributed by atoms with Gasteiger partial charge in [0, 0.05) is 6.04 Å². The third kappa shape index (κ3) is 3.71. The summed E-state index contributed by atoms with van der Waals surface area (Å²) in [5, 5.41) is 6.68. The van der Waals surface area contributed by atoms with E-state index >= 15 is 0 Å². The van der Waals surface area contributed by atoms with Crippen LogP contribution in [-0.4, -0.2) is 24.5 Å². The van der Waals surface area contributed by atoms with E-state index in [2.05, 4.69) is 10.6 Å². The molecule has 3 rings (SSSR count). The van der Waals surface area contributed by atoms with E-state index < -0.39 is 0 Å². The van der Waals surface area contributed by atoms with E-state index in [1.54, 1.807) is 0 Å². The fourth-order valence-electron chi connectivity index (χ4n) is 3.57. The van der Waals surface area contributed by atoms with Crippen molar-refractivity contribution < 1.29 is 4.79 Å². The van der Waals surface area contributed by atoms with Crippen LogP contribution in [0.2, 0.25) is 0 Å². The molecule has 3 heteroatoms. The summed E-state index contributed by atoms with van der Waals surface area (Å²) in [7, 11) is 0. The number of nitrogens with one attached hydrogen (secondary N) is 2. The van der Waals surface area contributed by atoms with Crippen LogP contribution in [0.3, 0.4) is 0 Å². The van der Waals surface area contributed by atoms with Gasteiger partial charge in [-0.15, -0.1) is 0 Å². The summed E-state index contributed by atoms with van der Waals surface area (Å²) in [5.41, 5.74) is 0. The molecule has 0 saturated heterocycles. The van der Waals surface area contributed by atoms with Crippen LogP contribution in [0.4, 0.5) is 0 Å². The molecule has 108 valence electrons. The Balaban J connectivity index is 1.39. The molecular weight excluding hydrogens is 236 g/mol. The van der Waals surface area contributed by atoms with E-state index in [-0.39, 0.29) is 11.9 Å². The zero-order valence-electron chi connectivity index (χ0n) is 12.2. The van der Waals surface area contributed by atoms with Crippen molar-refractivity contribution in [2.45, 2.75) is 70.4 Å². The average Bonchev–Trinajstić information content (AvgIpc) is 3.32. The van der Waals surface area contributed by atoms with Gasteiger partial charge >= 0.3 is 0 Å². The van der Waals surface area contributed by atoms with Gasteiger partial charge in [0.1, 0.15) is 0 Å². The zero-order valence-corrected chi connectivity index (χ0v) is 12.2. The van der Waals surface area contributed by atoms with E-state index in [1.807, 2.05) is 6.92 Å². The Morgan fingerprint density at radius 3 is 2.16 bits per heavy atom. The first-order valence-electron chi connectivity index (χ1n) is 8.28. The first kappa shape index (κ1) is 13.4. The van der Waals surface area contributed by atoms with Crippen molar-refractivity contribution in [3.8, 4) is 0 Å². The standard InChI is InChI=1S/C16H28N2O/c1-11(16(19)18-14-4-2-3-5-14)17-10-15(12-6-7-12)13-8-9-13/h11-15,17H,2-10H2,1H3,(H,18,19). The highest BCUT2D eigenvalue weighted by atomic mass is 16.2. The number of carbonyl (C=O) groups is 1. The maximum atomic E-state index is 12.1. The Hall–Kier alpha value is -0.570. The Morgan fingerprint density at radius 1 is 1.05 bits per heavy atom. The molecule has 3 aliphatic carbocycles. The van der Waals surface area contributed by atoms with E-state index in [1.165, 1.54) is 51.4 Å². The lowest BCUT2D eigenvalue weighted by Crippen LogP contribution is -2.47. The average molecular weight is 264 g/mol. The summed E-state index contributed by atoms with van der Waals surface area (Å²) in [5.74, 6) is 2.98. The van der Waals surface area contributed by atoms with Gasteiger partial charge < -0.3 is 10.6 Å². The normalized spacial score (nSPS) is 25.8. The second kappa shape index (κ2) is 5.82. The fraction of sp³-hybridized carbons (Fsp3) is 0.938. The molecule has 0 bridgehead atoms. The van der Waals surface area contributed by atoms with E-state index in [4.69, 9.17) is 0 Å². The van der Waals surface area contributed by atoms with E-state index in [9.17, 15) is 4.79 Å². The third-order valence-corrected chi connectivity index (χ3v) is 5.21. The molecule has 3 fully saturated rings. The molecule has 0 aliphatic heterocycles. The lowest BCUT2D eigenvalue weighted by molar-refractivity contribution is -0.123. The monoisotopic (exact) mass is 264 g/mol. The van der Waals surface area contributed by atoms with Crippen LogP contribution in [0, 0.1) is 17.8 Å². The lowest BCUT2D eigenvalue weighted by atomic mass is 9.97. The SMILES string of the molecule is CC(NCC(C1CC1)C1CC1)C(=O)NC1CCCC1. The lowest BCUT2D eigenvalue weighted by Gasteiger charge is -2.21. The summed E-state index contributed by atoms with van der Waals surface area (Å²) in [6.45, 7) is 3.07. The van der Waals surface area contributed by atoms with E-state index in [0.29, 0.717) is 6.04 Å². The molecule has 0 aromatic rings. The summed E-state index contributed by atoms with van der Waals surface area (Å²) >= 11 is 0. The molecular formula is C16H28N2O. The minimum Gasteiger partial charge on any atom is -0.352 e. The van der Waals surface area contributed by atoms with Gasteiger partial charge in [-0.1, -0.05) is 12.8 Å². The molecule has 0 aromatic carbocycles. The van der Waals surface area contributed by atoms with Gasteiger partial charge in [0.05, 0.1) is 6.04 Å². The smallest absolute Gasteiger partial charge is 0.237 e. The van der Waals surface area contributed by atoms with Gasteiger partial charge in [-0.2, -0.15) is 0 Å². The third-order valence-electron chi connectivity index (χ3n) is 5.21. The number of hydrogen-bond donors (Lipinski definition) is 2. The highest BCUT2D eigenvalue weighted by Gasteiger charge is 2.41. The second-order valence-corrected chi connectivity index (χ2v) is 6.96. The number of rotatable bonds is 7. The molecule has 1 unspecified atom stereocenters. The van der Waals surface area contributed by atoms with Crippen molar-refractivity contribution in [3.63, 3.8) is 0 Å². The molecule has 3 nitrogen and oxygen atoms in total. The zero-order chi connectivity index (χ0) is 13.2. The Morgan fingerprint density at radius 2 is 1.63 bits per heavy atom. The van der Waals surface area contributed by atoms with Gasteiger partial charge in [0.2, 0.25) is 5.91 Å². The largest absolute Gasteiger partial charge is 0.352 e. The van der Waals surface area contributed by atoms with Crippen LogP contribution < -0.4 is 10.6 Å². The topological polar surface area (TPSA) is 41.1 Å². The van der Waals surface area contributed by atoms with Crippen molar-refractivity contribution in [3.05, 3.63) is 0 Å². The fourth-order valence-corrected chi connectivity index (χ4v) is 3.57. The molecule has 1 atom stereocenters. The summed E-state index contributed by atoms with van der Waals surface area (Å²) in [6.07, 6.45) is 10.6. The van der Waals surface area contributed by atoms with Crippen LogP contribution in [0.5, 0.6) is 0 Å². The maximum absolute atomic E-state index is 12.1. The first-order chi connectivity index (χ1) is 9.24. The van der Waals surface area contributed by atoms with Crippen molar-refractivity contribution in [1.82, 2.24) is 10.6 Å². The van der Waals surface area contributed by atoms with Crippen LogP contribution in [-0.2, 0) is 4.79 Å². The number of carbonyl (C=O) groups excluding carboxylic acids is 1. The van der Waals surface area contributed by atoms with Crippen molar-refractivity contribution >= 4 is 5.91 Å². The maximum Gasteiger partial charge on any atom is 0.237 e. The molecule has 3 saturated carbocycles. The van der Waals surface area contributed by atoms with Gasteiger partial charge in [0.25, 0.3) is 0 Å². The van der Waals surface area contributed by atoms with Crippen molar-refractivity contribution in [1.29, 1.82) is 0 Å². The van der Waals surface area contributed by atoms with Crippen LogP contribution >= 0.6 is 0 Å². The molecule has 1 amide bonds. The summed E-state index contributed by atoms with van der Waals surface area (Å²) in [6, 6.07) is 0.417. The molecule has 0 aromatic heterocycles. The quantitative estimate of drug-likeness (QED) is 0.741.